The van der Waals surface area contributed by atoms with E-state index in [0.29, 0.717) is 13.2 Å². The highest BCUT2D eigenvalue weighted by Crippen LogP contribution is 2.17. The Kier molecular flexibility index (Phi) is 4.54. The van der Waals surface area contributed by atoms with Gasteiger partial charge in [-0.25, -0.2) is 4.39 Å². The van der Waals surface area contributed by atoms with Crippen LogP contribution in [-0.4, -0.2) is 6.54 Å². The van der Waals surface area contributed by atoms with Crippen molar-refractivity contribution in [3.8, 4) is 17.6 Å². The van der Waals surface area contributed by atoms with Crippen molar-refractivity contribution in [2.24, 2.45) is 5.73 Å². The normalized spacial score (nSPS) is 9.58. The minimum atomic E-state index is -0.360. The number of halogens is 1. The average molecular weight is 255 g/mol. The zero-order valence-electron chi connectivity index (χ0n) is 10.4. The van der Waals surface area contributed by atoms with E-state index in [4.69, 9.17) is 10.5 Å². The van der Waals surface area contributed by atoms with Crippen molar-refractivity contribution in [2.45, 2.75) is 6.61 Å². The van der Waals surface area contributed by atoms with Crippen molar-refractivity contribution in [3.63, 3.8) is 0 Å². The van der Waals surface area contributed by atoms with Crippen LogP contribution in [0.2, 0.25) is 0 Å². The Hall–Kier alpha value is -2.31. The first-order valence-electron chi connectivity index (χ1n) is 5.95. The lowest BCUT2D eigenvalue weighted by molar-refractivity contribution is 0.290. The molecule has 0 aliphatic heterocycles. The summed E-state index contributed by atoms with van der Waals surface area (Å²) in [6, 6.07) is 14.0. The lowest BCUT2D eigenvalue weighted by atomic mass is 10.1. The Balaban J connectivity index is 2.06. The van der Waals surface area contributed by atoms with Gasteiger partial charge >= 0.3 is 0 Å². The van der Waals surface area contributed by atoms with Gasteiger partial charge in [0, 0.05) is 5.56 Å². The molecule has 0 amide bonds. The molecule has 0 unspecified atom stereocenters. The second-order valence-corrected chi connectivity index (χ2v) is 3.93. The first-order chi connectivity index (χ1) is 9.29. The second kappa shape index (κ2) is 6.58. The summed E-state index contributed by atoms with van der Waals surface area (Å²) in [6.45, 7) is 0.634. The fraction of sp³-hybridized carbons (Fsp3) is 0.125. The topological polar surface area (TPSA) is 35.2 Å². The monoisotopic (exact) mass is 255 g/mol. The van der Waals surface area contributed by atoms with Crippen molar-refractivity contribution in [3.05, 3.63) is 65.5 Å². The first kappa shape index (κ1) is 13.1. The van der Waals surface area contributed by atoms with Crippen LogP contribution in [0, 0.1) is 17.7 Å². The molecule has 2 nitrogen and oxygen atoms in total. The van der Waals surface area contributed by atoms with Gasteiger partial charge in [-0.3, -0.25) is 0 Å². The SMILES string of the molecule is NCC#Cc1cccc(COc2ccccc2F)c1. The van der Waals surface area contributed by atoms with Crippen LogP contribution in [-0.2, 0) is 6.61 Å². The number of hydrogen-bond acceptors (Lipinski definition) is 2. The van der Waals surface area contributed by atoms with Crippen molar-refractivity contribution < 1.29 is 9.13 Å². The Bertz CT molecular complexity index is 613. The Morgan fingerprint density at radius 1 is 1.11 bits per heavy atom. The van der Waals surface area contributed by atoms with Crippen molar-refractivity contribution in [1.82, 2.24) is 0 Å². The Labute approximate surface area is 112 Å². The molecule has 0 aliphatic carbocycles. The zero-order chi connectivity index (χ0) is 13.5. The van der Waals surface area contributed by atoms with E-state index in [1.54, 1.807) is 18.2 Å². The smallest absolute Gasteiger partial charge is 0.165 e. The van der Waals surface area contributed by atoms with Gasteiger partial charge in [-0.05, 0) is 29.8 Å². The van der Waals surface area contributed by atoms with E-state index in [9.17, 15) is 4.39 Å². The maximum absolute atomic E-state index is 13.4. The van der Waals surface area contributed by atoms with Crippen molar-refractivity contribution in [2.75, 3.05) is 6.54 Å². The van der Waals surface area contributed by atoms with E-state index in [-0.39, 0.29) is 11.6 Å². The Morgan fingerprint density at radius 3 is 2.74 bits per heavy atom. The minimum Gasteiger partial charge on any atom is -0.486 e. The zero-order valence-corrected chi connectivity index (χ0v) is 10.4. The standard InChI is InChI=1S/C16H14FNO/c17-15-8-1-2-9-16(15)19-12-14-6-3-5-13(11-14)7-4-10-18/h1-3,5-6,8-9,11H,10,12,18H2. The molecule has 0 aromatic heterocycles. The summed E-state index contributed by atoms with van der Waals surface area (Å²) in [7, 11) is 0. The molecule has 2 rings (SSSR count). The molecule has 2 N–H and O–H groups in total. The number of rotatable bonds is 3. The molecular formula is C16H14FNO. The van der Waals surface area contributed by atoms with E-state index in [1.165, 1.54) is 6.07 Å². The Morgan fingerprint density at radius 2 is 1.95 bits per heavy atom. The number of benzene rings is 2. The first-order valence-corrected chi connectivity index (χ1v) is 5.95. The molecule has 3 heteroatoms. The number of hydrogen-bond donors (Lipinski definition) is 1. The molecule has 0 saturated carbocycles. The molecule has 0 heterocycles. The number of ether oxygens (including phenoxy) is 1. The molecule has 0 saturated heterocycles. The number of para-hydroxylation sites is 1. The van der Waals surface area contributed by atoms with Crippen molar-refractivity contribution in [1.29, 1.82) is 0 Å². The van der Waals surface area contributed by atoms with Crippen LogP contribution < -0.4 is 10.5 Å². The summed E-state index contributed by atoms with van der Waals surface area (Å²) < 4.78 is 18.8. The molecule has 0 radical (unpaired) electrons. The third-order valence-corrected chi connectivity index (χ3v) is 2.49. The van der Waals surface area contributed by atoms with Crippen molar-refractivity contribution >= 4 is 0 Å². The highest BCUT2D eigenvalue weighted by Gasteiger charge is 2.02. The molecule has 2 aromatic rings. The predicted octanol–water partition coefficient (Wildman–Crippen LogP) is 2.71. The average Bonchev–Trinajstić information content (AvgIpc) is 2.45. The van der Waals surface area contributed by atoms with Gasteiger partial charge in [0.25, 0.3) is 0 Å². The third kappa shape index (κ3) is 3.84. The molecule has 2 aromatic carbocycles. The summed E-state index contributed by atoms with van der Waals surface area (Å²) in [4.78, 5) is 0. The lowest BCUT2D eigenvalue weighted by Crippen LogP contribution is -1.97. The second-order valence-electron chi connectivity index (χ2n) is 3.93. The van der Waals surface area contributed by atoms with E-state index >= 15 is 0 Å². The third-order valence-electron chi connectivity index (χ3n) is 2.49. The fourth-order valence-electron chi connectivity index (χ4n) is 1.61. The van der Waals surface area contributed by atoms with Crippen LogP contribution in [0.4, 0.5) is 4.39 Å². The summed E-state index contributed by atoms with van der Waals surface area (Å²) in [5.74, 6) is 5.63. The fourth-order valence-corrected chi connectivity index (χ4v) is 1.61. The molecule has 0 bridgehead atoms. The van der Waals surface area contributed by atoms with Gasteiger partial charge in [0.05, 0.1) is 6.54 Å². The number of nitrogens with two attached hydrogens (primary N) is 1. The summed E-state index contributed by atoms with van der Waals surface area (Å²) >= 11 is 0. The summed E-state index contributed by atoms with van der Waals surface area (Å²) in [5.41, 5.74) is 7.14. The minimum absolute atomic E-state index is 0.251. The van der Waals surface area contributed by atoms with E-state index in [2.05, 4.69) is 11.8 Å². The molecule has 0 aliphatic rings. The summed E-state index contributed by atoms with van der Waals surface area (Å²) in [6.07, 6.45) is 0. The van der Waals surface area contributed by atoms with Crippen LogP contribution >= 0.6 is 0 Å². The molecule has 19 heavy (non-hydrogen) atoms. The molecule has 0 spiro atoms. The van der Waals surface area contributed by atoms with E-state index in [1.807, 2.05) is 24.3 Å². The van der Waals surface area contributed by atoms with Crippen LogP contribution in [0.5, 0.6) is 5.75 Å². The van der Waals surface area contributed by atoms with Crippen LogP contribution in [0.15, 0.2) is 48.5 Å². The van der Waals surface area contributed by atoms with E-state index < -0.39 is 0 Å². The van der Waals surface area contributed by atoms with Gasteiger partial charge in [0.15, 0.2) is 11.6 Å². The van der Waals surface area contributed by atoms with Gasteiger partial charge in [0.2, 0.25) is 0 Å². The molecular weight excluding hydrogens is 241 g/mol. The summed E-state index contributed by atoms with van der Waals surface area (Å²) in [5, 5.41) is 0. The highest BCUT2D eigenvalue weighted by atomic mass is 19.1. The van der Waals surface area contributed by atoms with Gasteiger partial charge in [-0.15, -0.1) is 0 Å². The molecule has 96 valence electrons. The van der Waals surface area contributed by atoms with Gasteiger partial charge in [-0.2, -0.15) is 0 Å². The predicted molar refractivity (Wildman–Crippen MR) is 73.1 cm³/mol. The quantitative estimate of drug-likeness (QED) is 0.856. The highest BCUT2D eigenvalue weighted by molar-refractivity contribution is 5.37. The largest absolute Gasteiger partial charge is 0.486 e. The lowest BCUT2D eigenvalue weighted by Gasteiger charge is -2.07. The van der Waals surface area contributed by atoms with Crippen LogP contribution in [0.3, 0.4) is 0 Å². The molecule has 0 atom stereocenters. The van der Waals surface area contributed by atoms with Crippen LogP contribution in [0.25, 0.3) is 0 Å². The van der Waals surface area contributed by atoms with Crippen LogP contribution in [0.1, 0.15) is 11.1 Å². The van der Waals surface area contributed by atoms with Gasteiger partial charge < -0.3 is 10.5 Å². The maximum atomic E-state index is 13.4. The maximum Gasteiger partial charge on any atom is 0.165 e. The van der Waals surface area contributed by atoms with Gasteiger partial charge in [-0.1, -0.05) is 36.1 Å². The van der Waals surface area contributed by atoms with E-state index in [0.717, 1.165) is 11.1 Å². The van der Waals surface area contributed by atoms with Gasteiger partial charge in [0.1, 0.15) is 6.61 Å². The molecule has 0 fully saturated rings.